The molecule has 1 N–H and O–H groups in total. The molecule has 0 saturated carbocycles. The molecule has 0 fully saturated rings. The van der Waals surface area contributed by atoms with Crippen molar-refractivity contribution in [3.8, 4) is 11.5 Å². The lowest BCUT2D eigenvalue weighted by molar-refractivity contribution is 0.0939. The molecule has 0 bridgehead atoms. The van der Waals surface area contributed by atoms with Gasteiger partial charge in [-0.15, -0.1) is 11.8 Å². The molecule has 2 aliphatic rings. The molecule has 2 aliphatic heterocycles. The number of nitrogens with one attached hydrogen (secondary N) is 1. The van der Waals surface area contributed by atoms with Crippen LogP contribution in [0.1, 0.15) is 40.0 Å². The SMILES string of the molecule is Cc1ccc(CN2CCSc3ccc(C(=O)N[C@@H](C)c4ccc5c(c4)OCCO5)cc32)cc1. The molecule has 1 amide bonds. The number of aryl methyl sites for hydroxylation is 1. The van der Waals surface area contributed by atoms with Gasteiger partial charge in [0.2, 0.25) is 0 Å². The van der Waals surface area contributed by atoms with Crippen LogP contribution in [-0.2, 0) is 6.54 Å². The molecule has 5 nitrogen and oxygen atoms in total. The minimum absolute atomic E-state index is 0.0777. The molecule has 1 atom stereocenters. The van der Waals surface area contributed by atoms with Crippen molar-refractivity contribution in [1.82, 2.24) is 5.32 Å². The number of hydrogen-bond donors (Lipinski definition) is 1. The van der Waals surface area contributed by atoms with E-state index in [9.17, 15) is 4.79 Å². The molecular formula is C27H28N2O3S. The van der Waals surface area contributed by atoms with E-state index >= 15 is 0 Å². The Bertz CT molecular complexity index is 1160. The van der Waals surface area contributed by atoms with Crippen LogP contribution in [0.15, 0.2) is 65.6 Å². The molecule has 6 heteroatoms. The first-order chi connectivity index (χ1) is 16.1. The van der Waals surface area contributed by atoms with Crippen LogP contribution in [-0.4, -0.2) is 31.4 Å². The van der Waals surface area contributed by atoms with Gasteiger partial charge in [0.25, 0.3) is 5.91 Å². The second-order valence-electron chi connectivity index (χ2n) is 8.54. The highest BCUT2D eigenvalue weighted by Gasteiger charge is 2.21. The van der Waals surface area contributed by atoms with Crippen LogP contribution < -0.4 is 19.7 Å². The highest BCUT2D eigenvalue weighted by atomic mass is 32.2. The first-order valence-corrected chi connectivity index (χ1v) is 12.3. The maximum atomic E-state index is 13.1. The van der Waals surface area contributed by atoms with E-state index in [1.54, 1.807) is 0 Å². The van der Waals surface area contributed by atoms with Crippen LogP contribution in [0.4, 0.5) is 5.69 Å². The molecule has 170 valence electrons. The van der Waals surface area contributed by atoms with E-state index in [1.807, 2.05) is 49.0 Å². The largest absolute Gasteiger partial charge is 0.486 e. The topological polar surface area (TPSA) is 50.8 Å². The summed E-state index contributed by atoms with van der Waals surface area (Å²) in [4.78, 5) is 16.7. The molecule has 0 spiro atoms. The maximum absolute atomic E-state index is 13.1. The highest BCUT2D eigenvalue weighted by Crippen LogP contribution is 2.37. The van der Waals surface area contributed by atoms with Crippen LogP contribution in [0, 0.1) is 6.92 Å². The van der Waals surface area contributed by atoms with Gasteiger partial charge in [0, 0.05) is 29.3 Å². The summed E-state index contributed by atoms with van der Waals surface area (Å²) in [7, 11) is 0. The maximum Gasteiger partial charge on any atom is 0.251 e. The third kappa shape index (κ3) is 4.81. The zero-order valence-electron chi connectivity index (χ0n) is 19.0. The third-order valence-electron chi connectivity index (χ3n) is 6.09. The van der Waals surface area contributed by atoms with Crippen LogP contribution in [0.2, 0.25) is 0 Å². The van der Waals surface area contributed by atoms with Crippen molar-refractivity contribution in [2.24, 2.45) is 0 Å². The average molecular weight is 461 g/mol. The molecule has 0 saturated heterocycles. The second kappa shape index (κ2) is 9.40. The molecule has 3 aromatic carbocycles. The fourth-order valence-corrected chi connectivity index (χ4v) is 5.22. The Kier molecular flexibility index (Phi) is 6.18. The van der Waals surface area contributed by atoms with Crippen LogP contribution in [0.25, 0.3) is 0 Å². The minimum Gasteiger partial charge on any atom is -0.486 e. The predicted octanol–water partition coefficient (Wildman–Crippen LogP) is 5.37. The zero-order chi connectivity index (χ0) is 22.8. The fraction of sp³-hybridized carbons (Fsp3) is 0.296. The Labute approximate surface area is 199 Å². The summed E-state index contributed by atoms with van der Waals surface area (Å²) in [6.45, 7) is 7.01. The number of carbonyl (C=O) groups is 1. The smallest absolute Gasteiger partial charge is 0.251 e. The van der Waals surface area contributed by atoms with E-state index in [0.29, 0.717) is 18.8 Å². The number of hydrogen-bond acceptors (Lipinski definition) is 5. The predicted molar refractivity (Wildman–Crippen MR) is 133 cm³/mol. The summed E-state index contributed by atoms with van der Waals surface area (Å²) in [5.41, 5.74) is 5.34. The Hall–Kier alpha value is -3.12. The Balaban J connectivity index is 1.32. The molecule has 5 rings (SSSR count). The van der Waals surface area contributed by atoms with E-state index in [-0.39, 0.29) is 11.9 Å². The Morgan fingerprint density at radius 2 is 1.82 bits per heavy atom. The van der Waals surface area contributed by atoms with Crippen molar-refractivity contribution in [3.63, 3.8) is 0 Å². The quantitative estimate of drug-likeness (QED) is 0.555. The molecule has 0 radical (unpaired) electrons. The number of fused-ring (bicyclic) bond motifs is 2. The van der Waals surface area contributed by atoms with E-state index in [1.165, 1.54) is 16.0 Å². The van der Waals surface area contributed by atoms with Gasteiger partial charge in [0.15, 0.2) is 11.5 Å². The van der Waals surface area contributed by atoms with Crippen molar-refractivity contribution >= 4 is 23.4 Å². The van der Waals surface area contributed by atoms with Gasteiger partial charge < -0.3 is 19.7 Å². The lowest BCUT2D eigenvalue weighted by atomic mass is 10.1. The van der Waals surface area contributed by atoms with Crippen molar-refractivity contribution in [2.45, 2.75) is 31.3 Å². The van der Waals surface area contributed by atoms with Crippen LogP contribution in [0.5, 0.6) is 11.5 Å². The highest BCUT2D eigenvalue weighted by molar-refractivity contribution is 7.99. The molecule has 0 aliphatic carbocycles. The van der Waals surface area contributed by atoms with Gasteiger partial charge in [-0.25, -0.2) is 0 Å². The van der Waals surface area contributed by atoms with E-state index in [2.05, 4.69) is 47.5 Å². The monoisotopic (exact) mass is 460 g/mol. The van der Waals surface area contributed by atoms with Gasteiger partial charge in [-0.05, 0) is 55.3 Å². The lowest BCUT2D eigenvalue weighted by Gasteiger charge is -2.31. The Morgan fingerprint density at radius 1 is 1.03 bits per heavy atom. The number of rotatable bonds is 5. The van der Waals surface area contributed by atoms with Crippen LogP contribution in [0.3, 0.4) is 0 Å². The summed E-state index contributed by atoms with van der Waals surface area (Å²) in [5.74, 6) is 2.46. The summed E-state index contributed by atoms with van der Waals surface area (Å²) >= 11 is 1.85. The number of thioether (sulfide) groups is 1. The fourth-order valence-electron chi connectivity index (χ4n) is 4.18. The molecule has 0 aromatic heterocycles. The molecule has 3 aromatic rings. The molecule has 33 heavy (non-hydrogen) atoms. The molecule has 2 heterocycles. The van der Waals surface area contributed by atoms with E-state index in [0.717, 1.165) is 41.6 Å². The van der Waals surface area contributed by atoms with E-state index < -0.39 is 0 Å². The standard InChI is InChI=1S/C27H28N2O3S/c1-18-3-5-20(6-4-18)17-29-11-14-33-26-10-8-22(15-23(26)29)27(30)28-19(2)21-7-9-24-25(16-21)32-13-12-31-24/h3-10,15-16,19H,11-14,17H2,1-2H3,(H,28,30)/t19-/m0/s1. The first kappa shape index (κ1) is 21.7. The summed E-state index contributed by atoms with van der Waals surface area (Å²) in [5, 5.41) is 3.14. The van der Waals surface area contributed by atoms with Crippen molar-refractivity contribution < 1.29 is 14.3 Å². The van der Waals surface area contributed by atoms with Crippen molar-refractivity contribution in [2.75, 3.05) is 30.4 Å². The molecular weight excluding hydrogens is 432 g/mol. The zero-order valence-corrected chi connectivity index (χ0v) is 19.8. The average Bonchev–Trinajstić information content (AvgIpc) is 2.85. The number of benzene rings is 3. The van der Waals surface area contributed by atoms with Gasteiger partial charge in [-0.1, -0.05) is 35.9 Å². The number of ether oxygens (including phenoxy) is 2. The summed E-state index contributed by atoms with van der Waals surface area (Å²) in [6, 6.07) is 20.4. The van der Waals surface area contributed by atoms with Crippen LogP contribution >= 0.6 is 11.8 Å². The summed E-state index contributed by atoms with van der Waals surface area (Å²) in [6.07, 6.45) is 0. The summed E-state index contributed by atoms with van der Waals surface area (Å²) < 4.78 is 11.3. The van der Waals surface area contributed by atoms with Gasteiger partial charge in [0.1, 0.15) is 13.2 Å². The molecule has 0 unspecified atom stereocenters. The Morgan fingerprint density at radius 3 is 2.64 bits per heavy atom. The van der Waals surface area contributed by atoms with Gasteiger partial charge in [0.05, 0.1) is 11.7 Å². The lowest BCUT2D eigenvalue weighted by Crippen LogP contribution is -2.30. The van der Waals surface area contributed by atoms with E-state index in [4.69, 9.17) is 9.47 Å². The number of anilines is 1. The minimum atomic E-state index is -0.151. The van der Waals surface area contributed by atoms with Gasteiger partial charge in [-0.2, -0.15) is 0 Å². The number of carbonyl (C=O) groups excluding carboxylic acids is 1. The third-order valence-corrected chi connectivity index (χ3v) is 7.13. The second-order valence-corrected chi connectivity index (χ2v) is 9.67. The van der Waals surface area contributed by atoms with Gasteiger partial charge in [-0.3, -0.25) is 4.79 Å². The van der Waals surface area contributed by atoms with Crippen molar-refractivity contribution in [3.05, 3.63) is 82.9 Å². The normalized spacial score (nSPS) is 15.5. The van der Waals surface area contributed by atoms with Gasteiger partial charge >= 0.3 is 0 Å². The first-order valence-electron chi connectivity index (χ1n) is 11.3. The number of nitrogens with zero attached hydrogens (tertiary/aromatic N) is 1. The number of amides is 1. The van der Waals surface area contributed by atoms with Crippen molar-refractivity contribution in [1.29, 1.82) is 0 Å².